The predicted octanol–water partition coefficient (Wildman–Crippen LogP) is 1.57. The van der Waals surface area contributed by atoms with Gasteiger partial charge in [-0.25, -0.2) is 0 Å². The number of ether oxygens (including phenoxy) is 1. The van der Waals surface area contributed by atoms with Gasteiger partial charge in [0.05, 0.1) is 25.7 Å². The third-order valence-electron chi connectivity index (χ3n) is 3.35. The van der Waals surface area contributed by atoms with Crippen LogP contribution in [0.3, 0.4) is 0 Å². The average Bonchev–Trinajstić information content (AvgIpc) is 2.41. The fourth-order valence-corrected chi connectivity index (χ4v) is 2.25. The summed E-state index contributed by atoms with van der Waals surface area (Å²) >= 11 is 0. The molecule has 1 saturated heterocycles. The van der Waals surface area contributed by atoms with Crippen LogP contribution in [0.1, 0.15) is 18.9 Å². The smallest absolute Gasteiger partial charge is 0.227 e. The first kappa shape index (κ1) is 12.9. The van der Waals surface area contributed by atoms with Crippen LogP contribution in [0.2, 0.25) is 0 Å². The number of phenolic OH excluding ortho intramolecular Hbond substituents is 1. The summed E-state index contributed by atoms with van der Waals surface area (Å²) in [4.78, 5) is 14.1. The van der Waals surface area contributed by atoms with Crippen molar-refractivity contribution in [3.63, 3.8) is 0 Å². The van der Waals surface area contributed by atoms with Gasteiger partial charge in [-0.3, -0.25) is 4.79 Å². The number of hydrogen-bond acceptors (Lipinski definition) is 3. The Balaban J connectivity index is 2.05. The minimum atomic E-state index is 0.0617. The van der Waals surface area contributed by atoms with E-state index in [-0.39, 0.29) is 24.1 Å². The summed E-state index contributed by atoms with van der Waals surface area (Å²) in [5.74, 6) is 0.249. The van der Waals surface area contributed by atoms with Crippen molar-refractivity contribution in [2.45, 2.75) is 25.8 Å². The minimum Gasteiger partial charge on any atom is -0.508 e. The number of morpholine rings is 1. The van der Waals surface area contributed by atoms with Crippen molar-refractivity contribution in [1.29, 1.82) is 0 Å². The molecule has 2 rings (SSSR count). The van der Waals surface area contributed by atoms with Gasteiger partial charge >= 0.3 is 0 Å². The zero-order valence-electron chi connectivity index (χ0n) is 10.6. The molecule has 1 heterocycles. The highest BCUT2D eigenvalue weighted by Crippen LogP contribution is 2.19. The average molecular weight is 249 g/mol. The van der Waals surface area contributed by atoms with Gasteiger partial charge in [0.2, 0.25) is 5.91 Å². The summed E-state index contributed by atoms with van der Waals surface area (Å²) in [6, 6.07) is 7.15. The van der Waals surface area contributed by atoms with Crippen molar-refractivity contribution >= 4 is 5.91 Å². The quantitative estimate of drug-likeness (QED) is 0.884. The first-order valence-electron chi connectivity index (χ1n) is 6.36. The van der Waals surface area contributed by atoms with Crippen LogP contribution in [0.5, 0.6) is 5.75 Å². The summed E-state index contributed by atoms with van der Waals surface area (Å²) in [6.45, 7) is 3.91. The Morgan fingerprint density at radius 3 is 3.00 bits per heavy atom. The molecule has 1 aliphatic rings. The topological polar surface area (TPSA) is 49.8 Å². The van der Waals surface area contributed by atoms with E-state index in [1.54, 1.807) is 18.2 Å². The number of carbonyl (C=O) groups excluding carboxylic acids is 1. The molecule has 0 aromatic heterocycles. The molecular weight excluding hydrogens is 230 g/mol. The van der Waals surface area contributed by atoms with Crippen molar-refractivity contribution in [2.75, 3.05) is 19.8 Å². The highest BCUT2D eigenvalue weighted by atomic mass is 16.5. The summed E-state index contributed by atoms with van der Waals surface area (Å²) in [5, 5.41) is 9.69. The van der Waals surface area contributed by atoms with Crippen molar-refractivity contribution in [3.8, 4) is 5.75 Å². The maximum atomic E-state index is 12.2. The van der Waals surface area contributed by atoms with Crippen molar-refractivity contribution < 1.29 is 14.6 Å². The molecule has 1 aliphatic heterocycles. The molecule has 1 amide bonds. The number of aromatic hydroxyl groups is 1. The highest BCUT2D eigenvalue weighted by molar-refractivity contribution is 5.79. The lowest BCUT2D eigenvalue weighted by Gasteiger charge is -2.35. The molecular formula is C14H19NO3. The lowest BCUT2D eigenvalue weighted by Crippen LogP contribution is -2.48. The van der Waals surface area contributed by atoms with Gasteiger partial charge in [0.25, 0.3) is 0 Å². The van der Waals surface area contributed by atoms with Gasteiger partial charge in [-0.05, 0) is 12.5 Å². The van der Waals surface area contributed by atoms with E-state index in [1.165, 1.54) is 0 Å². The Morgan fingerprint density at radius 1 is 1.50 bits per heavy atom. The van der Waals surface area contributed by atoms with E-state index in [0.717, 1.165) is 6.42 Å². The van der Waals surface area contributed by atoms with Gasteiger partial charge < -0.3 is 14.7 Å². The molecule has 1 fully saturated rings. The van der Waals surface area contributed by atoms with E-state index < -0.39 is 0 Å². The zero-order chi connectivity index (χ0) is 13.0. The number of carbonyl (C=O) groups is 1. The molecule has 1 unspecified atom stereocenters. The van der Waals surface area contributed by atoms with E-state index in [9.17, 15) is 9.90 Å². The normalized spacial score (nSPS) is 19.8. The van der Waals surface area contributed by atoms with E-state index in [4.69, 9.17) is 4.74 Å². The number of phenols is 1. The van der Waals surface area contributed by atoms with Gasteiger partial charge in [0.15, 0.2) is 0 Å². The van der Waals surface area contributed by atoms with E-state index in [0.29, 0.717) is 25.3 Å². The van der Waals surface area contributed by atoms with Crippen molar-refractivity contribution in [3.05, 3.63) is 29.8 Å². The van der Waals surface area contributed by atoms with Crippen molar-refractivity contribution in [2.24, 2.45) is 0 Å². The van der Waals surface area contributed by atoms with Crippen LogP contribution in [0, 0.1) is 0 Å². The molecule has 4 nitrogen and oxygen atoms in total. The van der Waals surface area contributed by atoms with Crippen LogP contribution in [-0.4, -0.2) is 41.7 Å². The Bertz CT molecular complexity index is 419. The molecule has 1 atom stereocenters. The van der Waals surface area contributed by atoms with Gasteiger partial charge in [-0.2, -0.15) is 0 Å². The molecule has 1 aromatic rings. The maximum absolute atomic E-state index is 12.2. The second-order valence-electron chi connectivity index (χ2n) is 4.53. The molecule has 18 heavy (non-hydrogen) atoms. The third kappa shape index (κ3) is 2.82. The van der Waals surface area contributed by atoms with Gasteiger partial charge in [0, 0.05) is 12.1 Å². The second-order valence-corrected chi connectivity index (χ2v) is 4.53. The van der Waals surface area contributed by atoms with Crippen LogP contribution < -0.4 is 0 Å². The molecule has 1 aromatic carbocycles. The largest absolute Gasteiger partial charge is 0.508 e. The molecule has 1 N–H and O–H groups in total. The number of nitrogens with zero attached hydrogens (tertiary/aromatic N) is 1. The molecule has 0 bridgehead atoms. The minimum absolute atomic E-state index is 0.0617. The van der Waals surface area contributed by atoms with Gasteiger partial charge in [0.1, 0.15) is 5.75 Å². The first-order chi connectivity index (χ1) is 8.72. The summed E-state index contributed by atoms with van der Waals surface area (Å²) in [5.41, 5.74) is 0.684. The lowest BCUT2D eigenvalue weighted by molar-refractivity contribution is -0.139. The molecule has 0 radical (unpaired) electrons. The highest BCUT2D eigenvalue weighted by Gasteiger charge is 2.26. The van der Waals surface area contributed by atoms with Crippen molar-refractivity contribution in [1.82, 2.24) is 4.90 Å². The summed E-state index contributed by atoms with van der Waals surface area (Å²) in [6.07, 6.45) is 1.15. The zero-order valence-corrected chi connectivity index (χ0v) is 10.6. The Hall–Kier alpha value is -1.55. The van der Waals surface area contributed by atoms with E-state index in [2.05, 4.69) is 6.92 Å². The number of hydrogen-bond donors (Lipinski definition) is 1. The molecule has 0 aliphatic carbocycles. The fraction of sp³-hybridized carbons (Fsp3) is 0.500. The number of para-hydroxylation sites is 1. The SMILES string of the molecule is CCC1COCCN1C(=O)Cc1ccccc1O. The van der Waals surface area contributed by atoms with Gasteiger partial charge in [-0.15, -0.1) is 0 Å². The maximum Gasteiger partial charge on any atom is 0.227 e. The van der Waals surface area contributed by atoms with E-state index >= 15 is 0 Å². The fourth-order valence-electron chi connectivity index (χ4n) is 2.25. The van der Waals surface area contributed by atoms with Gasteiger partial charge in [-0.1, -0.05) is 25.1 Å². The van der Waals surface area contributed by atoms with Crippen LogP contribution in [0.25, 0.3) is 0 Å². The van der Waals surface area contributed by atoms with Crippen LogP contribution >= 0.6 is 0 Å². The van der Waals surface area contributed by atoms with Crippen LogP contribution in [0.4, 0.5) is 0 Å². The van der Waals surface area contributed by atoms with Crippen LogP contribution in [-0.2, 0) is 16.0 Å². The van der Waals surface area contributed by atoms with Crippen LogP contribution in [0.15, 0.2) is 24.3 Å². The first-order valence-corrected chi connectivity index (χ1v) is 6.36. The Morgan fingerprint density at radius 2 is 2.28 bits per heavy atom. The lowest BCUT2D eigenvalue weighted by atomic mass is 10.1. The standard InChI is InChI=1S/C14H19NO3/c1-2-12-10-18-8-7-15(12)14(17)9-11-5-3-4-6-13(11)16/h3-6,12,16H,2,7-10H2,1H3. The summed E-state index contributed by atoms with van der Waals surface area (Å²) < 4.78 is 5.38. The third-order valence-corrected chi connectivity index (χ3v) is 3.35. The van der Waals surface area contributed by atoms with E-state index in [1.807, 2.05) is 11.0 Å². The summed E-state index contributed by atoms with van der Waals surface area (Å²) in [7, 11) is 0. The Kier molecular flexibility index (Phi) is 4.20. The predicted molar refractivity (Wildman–Crippen MR) is 68.4 cm³/mol. The Labute approximate surface area is 107 Å². The molecule has 0 spiro atoms. The number of benzene rings is 1. The number of amides is 1. The number of rotatable bonds is 3. The molecule has 98 valence electrons. The molecule has 4 heteroatoms. The second kappa shape index (κ2) is 5.87. The molecule has 0 saturated carbocycles. The monoisotopic (exact) mass is 249 g/mol.